The number of aryl methyl sites for hydroxylation is 1. The monoisotopic (exact) mass is 332 g/mol. The van der Waals surface area contributed by atoms with E-state index >= 15 is 0 Å². The molecule has 0 radical (unpaired) electrons. The van der Waals surface area contributed by atoms with E-state index in [0.717, 1.165) is 21.6 Å². The van der Waals surface area contributed by atoms with Crippen molar-refractivity contribution in [3.63, 3.8) is 0 Å². The quantitative estimate of drug-likeness (QED) is 0.795. The van der Waals surface area contributed by atoms with Crippen molar-refractivity contribution in [1.82, 2.24) is 14.4 Å². The van der Waals surface area contributed by atoms with Crippen molar-refractivity contribution in [3.05, 3.63) is 46.8 Å². The minimum Gasteiger partial charge on any atom is -0.436 e. The van der Waals surface area contributed by atoms with Crippen LogP contribution in [0, 0.1) is 6.92 Å². The maximum atomic E-state index is 5.94. The average Bonchev–Trinajstić information content (AvgIpc) is 2.91. The highest BCUT2D eigenvalue weighted by atomic mass is 79.9. The number of aromatic nitrogens is 3. The Morgan fingerprint density at radius 3 is 3.00 bits per heavy atom. The second-order valence-electron chi connectivity index (χ2n) is 4.35. The predicted molar refractivity (Wildman–Crippen MR) is 81.5 cm³/mol. The average molecular weight is 333 g/mol. The van der Waals surface area contributed by atoms with E-state index in [-0.39, 0.29) is 0 Å². The van der Waals surface area contributed by atoms with Gasteiger partial charge in [-0.1, -0.05) is 22.0 Å². The molecule has 0 aliphatic heterocycles. The number of hydrogen-bond acceptors (Lipinski definition) is 4. The van der Waals surface area contributed by atoms with Crippen LogP contribution in [0.4, 0.5) is 5.82 Å². The largest absolute Gasteiger partial charge is 0.436 e. The summed E-state index contributed by atoms with van der Waals surface area (Å²) >= 11 is 3.45. The van der Waals surface area contributed by atoms with E-state index in [2.05, 4.69) is 31.2 Å². The Hall–Kier alpha value is -2.08. The smallest absolute Gasteiger partial charge is 0.265 e. The van der Waals surface area contributed by atoms with Gasteiger partial charge >= 0.3 is 0 Å². The number of rotatable bonds is 3. The number of benzene rings is 1. The maximum absolute atomic E-state index is 5.94. The van der Waals surface area contributed by atoms with Gasteiger partial charge in [0, 0.05) is 23.9 Å². The zero-order chi connectivity index (χ0) is 14.1. The van der Waals surface area contributed by atoms with Crippen LogP contribution in [0.3, 0.4) is 0 Å². The lowest BCUT2D eigenvalue weighted by atomic mass is 10.2. The SMILES string of the molecule is CNc1cn2ccnc2c(Oc2cc(Br)ccc2C)n1. The van der Waals surface area contributed by atoms with E-state index in [1.165, 1.54) is 0 Å². The molecule has 102 valence electrons. The van der Waals surface area contributed by atoms with Gasteiger partial charge in [-0.2, -0.15) is 4.98 Å². The number of nitrogens with zero attached hydrogens (tertiary/aromatic N) is 3. The molecule has 0 bridgehead atoms. The standard InChI is InChI=1S/C14H13BrN4O/c1-9-3-4-10(15)7-11(9)20-14-13-17-5-6-19(13)8-12(16-2)18-14/h3-8,16H,1-2H3. The van der Waals surface area contributed by atoms with Gasteiger partial charge in [0.2, 0.25) is 5.65 Å². The van der Waals surface area contributed by atoms with Crippen LogP contribution >= 0.6 is 15.9 Å². The molecular formula is C14H13BrN4O. The van der Waals surface area contributed by atoms with Crippen molar-refractivity contribution in [2.45, 2.75) is 6.92 Å². The number of halogens is 1. The van der Waals surface area contributed by atoms with Crippen LogP contribution in [-0.2, 0) is 0 Å². The second-order valence-corrected chi connectivity index (χ2v) is 5.27. The molecule has 2 heterocycles. The third-order valence-corrected chi connectivity index (χ3v) is 3.45. The molecule has 0 saturated heterocycles. The summed E-state index contributed by atoms with van der Waals surface area (Å²) in [4.78, 5) is 8.70. The molecule has 0 fully saturated rings. The van der Waals surface area contributed by atoms with Crippen molar-refractivity contribution >= 4 is 27.4 Å². The lowest BCUT2D eigenvalue weighted by Gasteiger charge is -2.10. The van der Waals surface area contributed by atoms with Crippen LogP contribution < -0.4 is 10.1 Å². The summed E-state index contributed by atoms with van der Waals surface area (Å²) in [5, 5.41) is 3.01. The molecule has 2 aromatic heterocycles. The molecule has 5 nitrogen and oxygen atoms in total. The summed E-state index contributed by atoms with van der Waals surface area (Å²) in [5.74, 6) is 1.95. The summed E-state index contributed by atoms with van der Waals surface area (Å²) in [7, 11) is 1.82. The van der Waals surface area contributed by atoms with Crippen molar-refractivity contribution < 1.29 is 4.74 Å². The number of hydrogen-bond donors (Lipinski definition) is 1. The van der Waals surface area contributed by atoms with E-state index in [1.54, 1.807) is 6.20 Å². The normalized spacial score (nSPS) is 10.8. The van der Waals surface area contributed by atoms with Crippen molar-refractivity contribution in [3.8, 4) is 11.6 Å². The van der Waals surface area contributed by atoms with Gasteiger partial charge in [0.05, 0.1) is 6.20 Å². The molecule has 3 rings (SSSR count). The molecule has 0 unspecified atom stereocenters. The van der Waals surface area contributed by atoms with Crippen LogP contribution in [0.25, 0.3) is 5.65 Å². The second kappa shape index (κ2) is 5.13. The lowest BCUT2D eigenvalue weighted by Crippen LogP contribution is -2.00. The van der Waals surface area contributed by atoms with Gasteiger partial charge in [0.15, 0.2) is 0 Å². The first-order valence-corrected chi connectivity index (χ1v) is 6.92. The summed E-state index contributed by atoms with van der Waals surface area (Å²) in [6.07, 6.45) is 5.44. The highest BCUT2D eigenvalue weighted by molar-refractivity contribution is 9.10. The number of anilines is 1. The summed E-state index contributed by atoms with van der Waals surface area (Å²) < 4.78 is 8.78. The topological polar surface area (TPSA) is 51.5 Å². The molecule has 0 aliphatic rings. The molecule has 0 spiro atoms. The van der Waals surface area contributed by atoms with E-state index in [0.29, 0.717) is 11.5 Å². The van der Waals surface area contributed by atoms with Gasteiger partial charge in [-0.15, -0.1) is 0 Å². The zero-order valence-electron chi connectivity index (χ0n) is 11.1. The lowest BCUT2D eigenvalue weighted by molar-refractivity contribution is 0.462. The molecule has 3 aromatic rings. The van der Waals surface area contributed by atoms with Gasteiger partial charge in [-0.25, -0.2) is 4.98 Å². The van der Waals surface area contributed by atoms with Crippen LogP contribution in [0.5, 0.6) is 11.6 Å². The summed E-state index contributed by atoms with van der Waals surface area (Å²) in [6, 6.07) is 5.89. The Bertz CT molecular complexity index is 769. The fraction of sp³-hybridized carbons (Fsp3) is 0.143. The van der Waals surface area contributed by atoms with Crippen LogP contribution in [-0.4, -0.2) is 21.4 Å². The molecule has 0 atom stereocenters. The Kier molecular flexibility index (Phi) is 3.31. The van der Waals surface area contributed by atoms with Gasteiger partial charge < -0.3 is 10.1 Å². The zero-order valence-corrected chi connectivity index (χ0v) is 12.7. The van der Waals surface area contributed by atoms with Crippen LogP contribution in [0.1, 0.15) is 5.56 Å². The predicted octanol–water partition coefficient (Wildman–Crippen LogP) is 3.63. The summed E-state index contributed by atoms with van der Waals surface area (Å²) in [5.41, 5.74) is 1.72. The van der Waals surface area contributed by atoms with Crippen molar-refractivity contribution in [1.29, 1.82) is 0 Å². The highest BCUT2D eigenvalue weighted by Gasteiger charge is 2.11. The number of imidazole rings is 1. The van der Waals surface area contributed by atoms with Crippen LogP contribution in [0.2, 0.25) is 0 Å². The van der Waals surface area contributed by atoms with E-state index in [1.807, 2.05) is 49.0 Å². The first-order chi connectivity index (χ1) is 9.67. The Balaban J connectivity index is 2.09. The molecule has 1 aromatic carbocycles. The first kappa shape index (κ1) is 12.9. The van der Waals surface area contributed by atoms with Crippen molar-refractivity contribution in [2.24, 2.45) is 0 Å². The maximum Gasteiger partial charge on any atom is 0.265 e. The fourth-order valence-corrected chi connectivity index (χ4v) is 2.22. The third kappa shape index (κ3) is 2.34. The molecular weight excluding hydrogens is 320 g/mol. The Labute approximate surface area is 124 Å². The van der Waals surface area contributed by atoms with Gasteiger partial charge in [0.25, 0.3) is 5.88 Å². The Morgan fingerprint density at radius 2 is 2.20 bits per heavy atom. The van der Waals surface area contributed by atoms with Crippen molar-refractivity contribution in [2.75, 3.05) is 12.4 Å². The first-order valence-electron chi connectivity index (χ1n) is 6.13. The fourth-order valence-electron chi connectivity index (χ4n) is 1.88. The van der Waals surface area contributed by atoms with E-state index in [4.69, 9.17) is 4.74 Å². The molecule has 0 saturated carbocycles. The highest BCUT2D eigenvalue weighted by Crippen LogP contribution is 2.29. The molecule has 6 heteroatoms. The van der Waals surface area contributed by atoms with Gasteiger partial charge in [-0.3, -0.25) is 4.40 Å². The van der Waals surface area contributed by atoms with E-state index in [9.17, 15) is 0 Å². The minimum absolute atomic E-state index is 0.475. The van der Waals surface area contributed by atoms with E-state index < -0.39 is 0 Å². The third-order valence-electron chi connectivity index (χ3n) is 2.96. The molecule has 0 aliphatic carbocycles. The number of ether oxygens (including phenoxy) is 1. The summed E-state index contributed by atoms with van der Waals surface area (Å²) in [6.45, 7) is 1.99. The molecule has 20 heavy (non-hydrogen) atoms. The number of nitrogens with one attached hydrogen (secondary N) is 1. The van der Waals surface area contributed by atoms with Gasteiger partial charge in [0.1, 0.15) is 11.6 Å². The Morgan fingerprint density at radius 1 is 1.35 bits per heavy atom. The minimum atomic E-state index is 0.475. The molecule has 1 N–H and O–H groups in total. The number of fused-ring (bicyclic) bond motifs is 1. The van der Waals surface area contributed by atoms with Crippen LogP contribution in [0.15, 0.2) is 41.3 Å². The van der Waals surface area contributed by atoms with Gasteiger partial charge in [-0.05, 0) is 24.6 Å². The molecule has 0 amide bonds.